The summed E-state index contributed by atoms with van der Waals surface area (Å²) in [6, 6.07) is 16.3. The number of carbonyl (C=O) groups excluding carboxylic acids is 2. The standard InChI is InChI=1S/C13H15FN2O3.C9H10/c14-11-1-3-12(4-2-11)19-9-13(18)16-7-5-15(10-17)6-8-16;1-2-4-8(5-3-1)9-6-7-9/h1-4,10H,5-9H2;1-5,9H,6-7H2. The van der Waals surface area contributed by atoms with E-state index in [4.69, 9.17) is 4.74 Å². The van der Waals surface area contributed by atoms with Gasteiger partial charge in [0.1, 0.15) is 11.6 Å². The van der Waals surface area contributed by atoms with Gasteiger partial charge in [0.05, 0.1) is 0 Å². The van der Waals surface area contributed by atoms with Crippen LogP contribution in [0.25, 0.3) is 0 Å². The van der Waals surface area contributed by atoms with Crippen molar-refractivity contribution in [1.29, 1.82) is 0 Å². The summed E-state index contributed by atoms with van der Waals surface area (Å²) in [7, 11) is 0. The molecule has 0 N–H and O–H groups in total. The van der Waals surface area contributed by atoms with Gasteiger partial charge >= 0.3 is 0 Å². The van der Waals surface area contributed by atoms with Crippen molar-refractivity contribution in [3.8, 4) is 5.75 Å². The second kappa shape index (κ2) is 9.88. The first kappa shape index (κ1) is 19.9. The molecule has 0 bridgehead atoms. The molecule has 148 valence electrons. The van der Waals surface area contributed by atoms with Crippen molar-refractivity contribution in [3.05, 3.63) is 66.0 Å². The molecule has 6 heteroatoms. The lowest BCUT2D eigenvalue weighted by Gasteiger charge is -2.32. The van der Waals surface area contributed by atoms with E-state index in [1.807, 2.05) is 0 Å². The number of hydrogen-bond donors (Lipinski definition) is 0. The molecule has 2 amide bonds. The molecule has 0 spiro atoms. The fourth-order valence-electron chi connectivity index (χ4n) is 2.99. The minimum Gasteiger partial charge on any atom is -0.484 e. The molecule has 2 aromatic rings. The van der Waals surface area contributed by atoms with Gasteiger partial charge < -0.3 is 14.5 Å². The Labute approximate surface area is 164 Å². The van der Waals surface area contributed by atoms with E-state index in [0.717, 1.165) is 12.3 Å². The molecule has 1 heterocycles. The van der Waals surface area contributed by atoms with Gasteiger partial charge in [-0.05, 0) is 48.6 Å². The van der Waals surface area contributed by atoms with E-state index in [2.05, 4.69) is 30.3 Å². The summed E-state index contributed by atoms with van der Waals surface area (Å²) >= 11 is 0. The summed E-state index contributed by atoms with van der Waals surface area (Å²) in [5, 5.41) is 0. The zero-order valence-electron chi connectivity index (χ0n) is 15.8. The highest BCUT2D eigenvalue weighted by molar-refractivity contribution is 5.78. The van der Waals surface area contributed by atoms with Crippen molar-refractivity contribution in [2.24, 2.45) is 0 Å². The number of halogens is 1. The third-order valence-corrected chi connectivity index (χ3v) is 4.84. The number of rotatable bonds is 5. The molecular weight excluding hydrogens is 359 g/mol. The van der Waals surface area contributed by atoms with Crippen molar-refractivity contribution in [3.63, 3.8) is 0 Å². The lowest BCUT2D eigenvalue weighted by molar-refractivity contribution is -0.137. The summed E-state index contributed by atoms with van der Waals surface area (Å²) in [6.07, 6.45) is 3.60. The average molecular weight is 384 g/mol. The van der Waals surface area contributed by atoms with Gasteiger partial charge in [-0.15, -0.1) is 0 Å². The fraction of sp³-hybridized carbons (Fsp3) is 0.364. The van der Waals surface area contributed by atoms with Crippen LogP contribution < -0.4 is 4.74 Å². The Hall–Kier alpha value is -2.89. The third kappa shape index (κ3) is 6.08. The van der Waals surface area contributed by atoms with E-state index in [-0.39, 0.29) is 18.3 Å². The predicted octanol–water partition coefficient (Wildman–Crippen LogP) is 3.07. The third-order valence-electron chi connectivity index (χ3n) is 4.84. The summed E-state index contributed by atoms with van der Waals surface area (Å²) in [5.74, 6) is 0.894. The lowest BCUT2D eigenvalue weighted by Crippen LogP contribution is -2.49. The maximum atomic E-state index is 12.7. The molecule has 1 saturated carbocycles. The maximum absolute atomic E-state index is 12.7. The van der Waals surface area contributed by atoms with Crippen LogP contribution in [-0.4, -0.2) is 54.9 Å². The molecule has 0 atom stereocenters. The SMILES string of the molecule is O=CN1CCN(C(=O)COc2ccc(F)cc2)CC1.c1ccc(C2CC2)cc1. The molecule has 4 rings (SSSR count). The quantitative estimate of drug-likeness (QED) is 0.745. The molecule has 0 radical (unpaired) electrons. The summed E-state index contributed by atoms with van der Waals surface area (Å²) < 4.78 is 18.0. The van der Waals surface area contributed by atoms with Crippen LogP contribution in [0.5, 0.6) is 5.75 Å². The van der Waals surface area contributed by atoms with Gasteiger partial charge in [-0.2, -0.15) is 0 Å². The number of nitrogens with zero attached hydrogens (tertiary/aromatic N) is 2. The maximum Gasteiger partial charge on any atom is 0.260 e. The van der Waals surface area contributed by atoms with E-state index >= 15 is 0 Å². The van der Waals surface area contributed by atoms with Crippen LogP contribution >= 0.6 is 0 Å². The van der Waals surface area contributed by atoms with Crippen molar-refractivity contribution in [2.45, 2.75) is 18.8 Å². The summed E-state index contributed by atoms with van der Waals surface area (Å²) in [6.45, 7) is 2.05. The van der Waals surface area contributed by atoms with Crippen LogP contribution in [0.4, 0.5) is 4.39 Å². The van der Waals surface area contributed by atoms with Crippen LogP contribution in [0.2, 0.25) is 0 Å². The smallest absolute Gasteiger partial charge is 0.260 e. The van der Waals surface area contributed by atoms with Crippen molar-refractivity contribution in [1.82, 2.24) is 9.80 Å². The predicted molar refractivity (Wildman–Crippen MR) is 105 cm³/mol. The number of ether oxygens (including phenoxy) is 1. The second-order valence-electron chi connectivity index (χ2n) is 6.95. The van der Waals surface area contributed by atoms with Gasteiger partial charge in [-0.1, -0.05) is 30.3 Å². The van der Waals surface area contributed by atoms with E-state index in [9.17, 15) is 14.0 Å². The van der Waals surface area contributed by atoms with Crippen LogP contribution in [0.3, 0.4) is 0 Å². The normalized spacial score (nSPS) is 16.0. The van der Waals surface area contributed by atoms with Gasteiger partial charge in [0, 0.05) is 26.2 Å². The van der Waals surface area contributed by atoms with Gasteiger partial charge in [-0.25, -0.2) is 4.39 Å². The first-order valence-corrected chi connectivity index (χ1v) is 9.56. The minimum absolute atomic E-state index is 0.0767. The van der Waals surface area contributed by atoms with E-state index in [0.29, 0.717) is 31.9 Å². The Kier molecular flexibility index (Phi) is 7.00. The Morgan fingerprint density at radius 2 is 1.64 bits per heavy atom. The van der Waals surface area contributed by atoms with Gasteiger partial charge in [0.25, 0.3) is 5.91 Å². The van der Waals surface area contributed by atoms with Gasteiger partial charge in [0.15, 0.2) is 6.61 Å². The minimum atomic E-state index is -0.344. The fourth-order valence-corrected chi connectivity index (χ4v) is 2.99. The molecule has 1 aliphatic heterocycles. The van der Waals surface area contributed by atoms with E-state index < -0.39 is 0 Å². The van der Waals surface area contributed by atoms with Crippen LogP contribution in [-0.2, 0) is 9.59 Å². The number of amides is 2. The first-order valence-electron chi connectivity index (χ1n) is 9.56. The number of benzene rings is 2. The molecular formula is C22H25FN2O3. The van der Waals surface area contributed by atoms with E-state index in [1.165, 1.54) is 42.7 Å². The zero-order chi connectivity index (χ0) is 19.8. The van der Waals surface area contributed by atoms with Crippen molar-refractivity contribution < 1.29 is 18.7 Å². The number of carbonyl (C=O) groups is 2. The highest BCUT2D eigenvalue weighted by atomic mass is 19.1. The molecule has 1 aliphatic carbocycles. The molecule has 28 heavy (non-hydrogen) atoms. The Morgan fingerprint density at radius 3 is 2.21 bits per heavy atom. The van der Waals surface area contributed by atoms with Gasteiger partial charge in [0.2, 0.25) is 6.41 Å². The van der Waals surface area contributed by atoms with Gasteiger partial charge in [-0.3, -0.25) is 9.59 Å². The Bertz CT molecular complexity index is 755. The Balaban J connectivity index is 0.000000206. The topological polar surface area (TPSA) is 49.9 Å². The molecule has 2 fully saturated rings. The molecule has 5 nitrogen and oxygen atoms in total. The molecule has 2 aromatic carbocycles. The summed E-state index contributed by atoms with van der Waals surface area (Å²) in [5.41, 5.74) is 1.53. The van der Waals surface area contributed by atoms with E-state index in [1.54, 1.807) is 9.80 Å². The number of piperazine rings is 1. The highest BCUT2D eigenvalue weighted by Crippen LogP contribution is 2.39. The molecule has 1 saturated heterocycles. The first-order chi connectivity index (χ1) is 13.7. The zero-order valence-corrected chi connectivity index (χ0v) is 15.8. The lowest BCUT2D eigenvalue weighted by atomic mass is 10.1. The van der Waals surface area contributed by atoms with Crippen molar-refractivity contribution >= 4 is 12.3 Å². The second-order valence-corrected chi connectivity index (χ2v) is 6.95. The highest BCUT2D eigenvalue weighted by Gasteiger charge is 2.22. The molecule has 0 unspecified atom stereocenters. The Morgan fingerprint density at radius 1 is 1.00 bits per heavy atom. The largest absolute Gasteiger partial charge is 0.484 e. The van der Waals surface area contributed by atoms with Crippen LogP contribution in [0.1, 0.15) is 24.3 Å². The monoisotopic (exact) mass is 384 g/mol. The van der Waals surface area contributed by atoms with Crippen LogP contribution in [0.15, 0.2) is 54.6 Å². The molecule has 2 aliphatic rings. The van der Waals surface area contributed by atoms with Crippen LogP contribution in [0, 0.1) is 5.82 Å². The molecule has 0 aromatic heterocycles. The summed E-state index contributed by atoms with van der Waals surface area (Å²) in [4.78, 5) is 25.7. The average Bonchev–Trinajstić information content (AvgIpc) is 3.60. The number of hydrogen-bond acceptors (Lipinski definition) is 3. The van der Waals surface area contributed by atoms with Crippen molar-refractivity contribution in [2.75, 3.05) is 32.8 Å².